The lowest BCUT2D eigenvalue weighted by Gasteiger charge is -2.33. The summed E-state index contributed by atoms with van der Waals surface area (Å²) in [4.78, 5) is 28.9. The van der Waals surface area contributed by atoms with Gasteiger partial charge in [-0.15, -0.1) is 0 Å². The minimum atomic E-state index is -4.15. The average Bonchev–Trinajstić information content (AvgIpc) is 3.45. The van der Waals surface area contributed by atoms with Crippen molar-refractivity contribution in [3.63, 3.8) is 0 Å². The summed E-state index contributed by atoms with van der Waals surface area (Å²) in [6.07, 6.45) is 3.95. The lowest BCUT2D eigenvalue weighted by atomic mass is 10.1. The molecule has 1 aliphatic carbocycles. The van der Waals surface area contributed by atoms with Crippen molar-refractivity contribution < 1.29 is 18.0 Å². The largest absolute Gasteiger partial charge is 0.352 e. The molecule has 0 radical (unpaired) electrons. The van der Waals surface area contributed by atoms with E-state index in [1.807, 2.05) is 24.3 Å². The van der Waals surface area contributed by atoms with E-state index in [1.54, 1.807) is 50.2 Å². The van der Waals surface area contributed by atoms with Gasteiger partial charge in [0.15, 0.2) is 0 Å². The normalized spacial score (nSPS) is 14.5. The molecule has 0 unspecified atom stereocenters. The van der Waals surface area contributed by atoms with Crippen molar-refractivity contribution in [1.29, 1.82) is 0 Å². The molecule has 2 amide bonds. The highest BCUT2D eigenvalue weighted by Gasteiger charge is 2.34. The van der Waals surface area contributed by atoms with Crippen LogP contribution in [0.25, 0.3) is 0 Å². The van der Waals surface area contributed by atoms with Crippen LogP contribution in [0.4, 0.5) is 5.69 Å². The molecule has 40 heavy (non-hydrogen) atoms. The zero-order valence-corrected chi connectivity index (χ0v) is 25.7. The number of halogens is 2. The van der Waals surface area contributed by atoms with E-state index in [-0.39, 0.29) is 23.4 Å². The first-order valence-corrected chi connectivity index (χ1v) is 15.9. The van der Waals surface area contributed by atoms with E-state index >= 15 is 0 Å². The maximum absolute atomic E-state index is 14.1. The third-order valence-corrected chi connectivity index (χ3v) is 9.91. The Labute approximate surface area is 249 Å². The van der Waals surface area contributed by atoms with Gasteiger partial charge in [0, 0.05) is 22.1 Å². The van der Waals surface area contributed by atoms with E-state index in [0.29, 0.717) is 16.3 Å². The maximum Gasteiger partial charge on any atom is 0.264 e. The van der Waals surface area contributed by atoms with Gasteiger partial charge >= 0.3 is 0 Å². The van der Waals surface area contributed by atoms with Crippen LogP contribution in [0.3, 0.4) is 0 Å². The molecule has 7 nitrogen and oxygen atoms in total. The summed E-state index contributed by atoms with van der Waals surface area (Å²) < 4.78 is 29.8. The molecule has 1 saturated carbocycles. The van der Waals surface area contributed by atoms with E-state index in [9.17, 15) is 18.0 Å². The van der Waals surface area contributed by atoms with Crippen molar-refractivity contribution in [2.24, 2.45) is 0 Å². The number of carbonyl (C=O) groups excluding carboxylic acids is 2. The maximum atomic E-state index is 14.1. The Kier molecular flexibility index (Phi) is 9.92. The molecule has 0 spiro atoms. The number of amides is 2. The van der Waals surface area contributed by atoms with Crippen molar-refractivity contribution in [2.45, 2.75) is 63.1 Å². The van der Waals surface area contributed by atoms with Crippen molar-refractivity contribution in [3.8, 4) is 0 Å². The molecule has 0 heterocycles. The summed E-state index contributed by atoms with van der Waals surface area (Å²) >= 11 is 9.84. The zero-order chi connectivity index (χ0) is 28.9. The van der Waals surface area contributed by atoms with Crippen LogP contribution in [0.15, 0.2) is 82.2 Å². The molecule has 1 N–H and O–H groups in total. The number of rotatable bonds is 10. The summed E-state index contributed by atoms with van der Waals surface area (Å²) in [5.74, 6) is -0.764. The number of hydrogen-bond donors (Lipinski definition) is 1. The first-order chi connectivity index (χ1) is 19.1. The number of nitrogens with zero attached hydrogens (tertiary/aromatic N) is 2. The molecule has 0 bridgehead atoms. The highest BCUT2D eigenvalue weighted by Crippen LogP contribution is 2.31. The molecule has 0 aliphatic heterocycles. The Hall–Kier alpha value is -2.88. The minimum Gasteiger partial charge on any atom is -0.352 e. The van der Waals surface area contributed by atoms with Gasteiger partial charge in [-0.25, -0.2) is 8.42 Å². The van der Waals surface area contributed by atoms with Gasteiger partial charge in [0.25, 0.3) is 10.0 Å². The second-order valence-electron chi connectivity index (χ2n) is 10.0. The fourth-order valence-electron chi connectivity index (χ4n) is 4.91. The number of nitrogens with one attached hydrogen (secondary N) is 1. The average molecular weight is 647 g/mol. The molecule has 1 fully saturated rings. The van der Waals surface area contributed by atoms with Crippen LogP contribution >= 0.6 is 27.5 Å². The van der Waals surface area contributed by atoms with Gasteiger partial charge < -0.3 is 10.2 Å². The highest BCUT2D eigenvalue weighted by atomic mass is 79.9. The Morgan fingerprint density at radius 2 is 1.70 bits per heavy atom. The zero-order valence-electron chi connectivity index (χ0n) is 22.5. The molecule has 3 aromatic rings. The van der Waals surface area contributed by atoms with Crippen LogP contribution in [0.1, 0.15) is 43.7 Å². The molecule has 1 atom stereocenters. The summed E-state index contributed by atoms with van der Waals surface area (Å²) in [5, 5.41) is 3.46. The van der Waals surface area contributed by atoms with E-state index in [4.69, 9.17) is 11.6 Å². The Bertz CT molecular complexity index is 1460. The van der Waals surface area contributed by atoms with Crippen LogP contribution in [-0.4, -0.2) is 43.8 Å². The minimum absolute atomic E-state index is 0.0488. The predicted octanol–water partition coefficient (Wildman–Crippen LogP) is 6.08. The molecule has 3 aromatic carbocycles. The van der Waals surface area contributed by atoms with Crippen LogP contribution < -0.4 is 9.62 Å². The summed E-state index contributed by atoms with van der Waals surface area (Å²) in [6, 6.07) is 19.7. The summed E-state index contributed by atoms with van der Waals surface area (Å²) in [6.45, 7) is 3.02. The Morgan fingerprint density at radius 3 is 2.38 bits per heavy atom. The third-order valence-electron chi connectivity index (χ3n) is 7.23. The number of benzene rings is 3. The Balaban J connectivity index is 1.71. The van der Waals surface area contributed by atoms with Crippen LogP contribution in [0.5, 0.6) is 0 Å². The smallest absolute Gasteiger partial charge is 0.264 e. The van der Waals surface area contributed by atoms with Crippen molar-refractivity contribution in [1.82, 2.24) is 10.2 Å². The summed E-state index contributed by atoms with van der Waals surface area (Å²) in [7, 11) is -4.15. The number of anilines is 1. The SMILES string of the molecule is Cc1c(Cl)cccc1N(CC(=O)N(Cc1cccc(Br)c1)[C@H](C)C(=O)NC1CCCC1)S(=O)(=O)c1ccccc1. The van der Waals surface area contributed by atoms with E-state index in [0.717, 1.165) is 40.0 Å². The number of hydrogen-bond acceptors (Lipinski definition) is 4. The van der Waals surface area contributed by atoms with E-state index < -0.39 is 28.5 Å². The standard InChI is InChI=1S/C30H33BrClN3O4S/c1-21-27(32)16-9-17-28(21)35(40(38,39)26-14-4-3-5-15-26)20-29(36)34(19-23-10-8-11-24(31)18-23)22(2)30(37)33-25-12-6-7-13-25/h3-5,8-11,14-18,22,25H,6-7,12-13,19-20H2,1-2H3,(H,33,37)/t22-/m1/s1. The summed E-state index contributed by atoms with van der Waals surface area (Å²) in [5.41, 5.74) is 1.64. The Morgan fingerprint density at radius 1 is 1.02 bits per heavy atom. The number of carbonyl (C=O) groups is 2. The third kappa shape index (κ3) is 7.06. The second kappa shape index (κ2) is 13.2. The predicted molar refractivity (Wildman–Crippen MR) is 162 cm³/mol. The van der Waals surface area contributed by atoms with Crippen LogP contribution in [-0.2, 0) is 26.2 Å². The lowest BCUT2D eigenvalue weighted by Crippen LogP contribution is -2.52. The first-order valence-electron chi connectivity index (χ1n) is 13.2. The molecule has 0 aromatic heterocycles. The molecule has 212 valence electrons. The van der Waals surface area contributed by atoms with E-state index in [2.05, 4.69) is 21.2 Å². The van der Waals surface area contributed by atoms with Gasteiger partial charge in [0.1, 0.15) is 12.6 Å². The molecule has 0 saturated heterocycles. The fraction of sp³-hybridized carbons (Fsp3) is 0.333. The quantitative estimate of drug-likeness (QED) is 0.289. The van der Waals surface area contributed by atoms with Crippen molar-refractivity contribution >= 4 is 55.1 Å². The highest BCUT2D eigenvalue weighted by molar-refractivity contribution is 9.10. The monoisotopic (exact) mass is 645 g/mol. The van der Waals surface area contributed by atoms with Gasteiger partial charge in [-0.3, -0.25) is 13.9 Å². The molecular formula is C30H33BrClN3O4S. The van der Waals surface area contributed by atoms with Gasteiger partial charge in [-0.05, 0) is 74.2 Å². The van der Waals surface area contributed by atoms with E-state index in [1.165, 1.54) is 17.0 Å². The lowest BCUT2D eigenvalue weighted by molar-refractivity contribution is -0.139. The van der Waals surface area contributed by atoms with Gasteiger partial charge in [-0.1, -0.05) is 76.8 Å². The van der Waals surface area contributed by atoms with Gasteiger partial charge in [0.2, 0.25) is 11.8 Å². The number of sulfonamides is 1. The topological polar surface area (TPSA) is 86.8 Å². The molecule has 10 heteroatoms. The molecule has 4 rings (SSSR count). The van der Waals surface area contributed by atoms with Crippen LogP contribution in [0, 0.1) is 6.92 Å². The first kappa shape index (κ1) is 30.1. The second-order valence-corrected chi connectivity index (χ2v) is 13.2. The van der Waals surface area contributed by atoms with Gasteiger partial charge in [0.05, 0.1) is 10.6 Å². The fourth-order valence-corrected chi connectivity index (χ4v) is 7.01. The van der Waals surface area contributed by atoms with Crippen LogP contribution in [0.2, 0.25) is 5.02 Å². The molecular weight excluding hydrogens is 614 g/mol. The van der Waals surface area contributed by atoms with Gasteiger partial charge in [-0.2, -0.15) is 0 Å². The van der Waals surface area contributed by atoms with Crippen molar-refractivity contribution in [2.75, 3.05) is 10.8 Å². The molecule has 1 aliphatic rings. The van der Waals surface area contributed by atoms with Crippen molar-refractivity contribution in [3.05, 3.63) is 93.4 Å².